The predicted molar refractivity (Wildman–Crippen MR) is 148 cm³/mol. The number of hydrogen-bond acceptors (Lipinski definition) is 5. The molecule has 0 bridgehead atoms. The van der Waals surface area contributed by atoms with Gasteiger partial charge >= 0.3 is 6.03 Å². The van der Waals surface area contributed by atoms with Crippen LogP contribution in [0.3, 0.4) is 0 Å². The molecule has 0 spiro atoms. The summed E-state index contributed by atoms with van der Waals surface area (Å²) in [7, 11) is 0. The van der Waals surface area contributed by atoms with E-state index in [0.717, 1.165) is 32.1 Å². The van der Waals surface area contributed by atoms with Gasteiger partial charge in [0.2, 0.25) is 17.6 Å². The predicted octanol–water partition coefficient (Wildman–Crippen LogP) is 2.49. The lowest BCUT2D eigenvalue weighted by molar-refractivity contribution is -0.145. The fraction of sp³-hybridized carbons (Fsp3) is 0.828. The van der Waals surface area contributed by atoms with Crippen LogP contribution in [0.15, 0.2) is 0 Å². The first kappa shape index (κ1) is 30.9. The zero-order chi connectivity index (χ0) is 29.5. The largest absolute Gasteiger partial charge is 0.363 e. The molecule has 2 aliphatic carbocycles. The van der Waals surface area contributed by atoms with Crippen LogP contribution in [-0.2, 0) is 19.2 Å². The molecule has 1 aliphatic heterocycles. The number of carbonyl (C=O) groups excluding carboxylic acids is 5. The van der Waals surface area contributed by atoms with E-state index in [1.165, 1.54) is 0 Å². The molecule has 1 saturated heterocycles. The van der Waals surface area contributed by atoms with Crippen LogP contribution in [0.2, 0.25) is 0 Å². The SMILES string of the molecule is CC(C)(C)NC(=O)N[C@H](C(=O)N1CC2C([C@H]1C(=O)NC(CC1CCCCC1)C(=O)C(N)=O)C2(C)C)C(C)(C)C. The van der Waals surface area contributed by atoms with Crippen molar-refractivity contribution < 1.29 is 24.0 Å². The standard InChI is InChI=1S/C29H49N5O5/c1-27(2,3)22(32-26(39)33-28(4,5)6)25(38)34-15-17-19(29(17,7)8)20(34)24(37)31-18(21(35)23(30)36)14-16-12-10-9-11-13-16/h16-20,22H,9-15H2,1-8H3,(H2,30,36)(H,31,37)(H2,32,33,39)/t17?,18?,19?,20-,22+/m0/s1. The molecule has 10 heteroatoms. The summed E-state index contributed by atoms with van der Waals surface area (Å²) < 4.78 is 0. The molecule has 10 nitrogen and oxygen atoms in total. The second kappa shape index (κ2) is 11.1. The molecular formula is C29H49N5O5. The molecule has 3 rings (SSSR count). The maximum atomic E-state index is 14.0. The molecule has 5 amide bonds. The van der Waals surface area contributed by atoms with Crippen molar-refractivity contribution >= 4 is 29.5 Å². The van der Waals surface area contributed by atoms with E-state index in [0.29, 0.717) is 13.0 Å². The molecule has 3 aliphatic rings. The average molecular weight is 548 g/mol. The van der Waals surface area contributed by atoms with Gasteiger partial charge < -0.3 is 26.6 Å². The first-order chi connectivity index (χ1) is 17.8. The van der Waals surface area contributed by atoms with Gasteiger partial charge in [-0.2, -0.15) is 0 Å². The Morgan fingerprint density at radius 2 is 1.54 bits per heavy atom. The number of nitrogens with zero attached hydrogens (tertiary/aromatic N) is 1. The number of nitrogens with two attached hydrogens (primary N) is 1. The highest BCUT2D eigenvalue weighted by Gasteiger charge is 2.70. The Kier molecular flexibility index (Phi) is 8.78. The lowest BCUT2D eigenvalue weighted by Crippen LogP contribution is -2.62. The number of piperidine rings is 1. The Morgan fingerprint density at radius 3 is 2.05 bits per heavy atom. The van der Waals surface area contributed by atoms with Gasteiger partial charge in [-0.1, -0.05) is 66.7 Å². The first-order valence-corrected chi connectivity index (χ1v) is 14.4. The number of ketones is 1. The normalized spacial score (nSPS) is 26.2. The summed E-state index contributed by atoms with van der Waals surface area (Å²) in [5.41, 5.74) is 4.10. The summed E-state index contributed by atoms with van der Waals surface area (Å²) in [6.45, 7) is 15.7. The van der Waals surface area contributed by atoms with Gasteiger partial charge in [0, 0.05) is 12.1 Å². The Balaban J connectivity index is 1.84. The number of nitrogens with one attached hydrogen (secondary N) is 3. The number of amides is 5. The quantitative estimate of drug-likeness (QED) is 0.344. The van der Waals surface area contributed by atoms with Gasteiger partial charge in [-0.25, -0.2) is 4.79 Å². The molecule has 3 fully saturated rings. The van der Waals surface area contributed by atoms with Crippen molar-refractivity contribution in [1.82, 2.24) is 20.9 Å². The Morgan fingerprint density at radius 1 is 0.949 bits per heavy atom. The lowest BCUT2D eigenvalue weighted by Gasteiger charge is -2.38. The van der Waals surface area contributed by atoms with E-state index in [2.05, 4.69) is 29.8 Å². The van der Waals surface area contributed by atoms with Gasteiger partial charge in [-0.05, 0) is 55.8 Å². The van der Waals surface area contributed by atoms with Crippen molar-refractivity contribution in [2.75, 3.05) is 6.54 Å². The first-order valence-electron chi connectivity index (χ1n) is 14.4. The number of Topliss-reactive ketones (excluding diaryl/α,β-unsaturated/α-hetero) is 1. The minimum atomic E-state index is -1.07. The maximum Gasteiger partial charge on any atom is 0.315 e. The van der Waals surface area contributed by atoms with E-state index in [9.17, 15) is 24.0 Å². The topological polar surface area (TPSA) is 151 Å². The van der Waals surface area contributed by atoms with Crippen LogP contribution >= 0.6 is 0 Å². The lowest BCUT2D eigenvalue weighted by atomic mass is 9.83. The van der Waals surface area contributed by atoms with Crippen LogP contribution in [0.1, 0.15) is 93.9 Å². The monoisotopic (exact) mass is 547 g/mol. The molecule has 39 heavy (non-hydrogen) atoms. The third kappa shape index (κ3) is 7.11. The van der Waals surface area contributed by atoms with Gasteiger partial charge in [0.25, 0.3) is 5.91 Å². The van der Waals surface area contributed by atoms with Crippen LogP contribution in [0.4, 0.5) is 4.79 Å². The highest BCUT2D eigenvalue weighted by molar-refractivity contribution is 6.37. The van der Waals surface area contributed by atoms with Crippen LogP contribution in [0.25, 0.3) is 0 Å². The zero-order valence-corrected chi connectivity index (χ0v) is 25.0. The molecule has 0 radical (unpaired) electrons. The number of primary amides is 1. The minimum absolute atomic E-state index is 0.0792. The molecular weight excluding hydrogens is 498 g/mol. The average Bonchev–Trinajstić information content (AvgIpc) is 3.14. The van der Waals surface area contributed by atoms with Crippen LogP contribution in [0.5, 0.6) is 0 Å². The van der Waals surface area contributed by atoms with Crippen molar-refractivity contribution in [3.8, 4) is 0 Å². The number of carbonyl (C=O) groups is 5. The number of likely N-dealkylation sites (tertiary alicyclic amines) is 1. The summed E-state index contributed by atoms with van der Waals surface area (Å²) in [6.07, 6.45) is 5.52. The molecule has 1 heterocycles. The van der Waals surface area contributed by atoms with Gasteiger partial charge in [0.05, 0.1) is 6.04 Å². The molecule has 0 aromatic carbocycles. The summed E-state index contributed by atoms with van der Waals surface area (Å²) >= 11 is 0. The fourth-order valence-corrected chi connectivity index (χ4v) is 6.55. The molecule has 5 atom stereocenters. The van der Waals surface area contributed by atoms with E-state index in [1.807, 2.05) is 41.5 Å². The summed E-state index contributed by atoms with van der Waals surface area (Å²) in [4.78, 5) is 66.7. The maximum absolute atomic E-state index is 14.0. The number of hydrogen-bond donors (Lipinski definition) is 4. The Bertz CT molecular complexity index is 989. The van der Waals surface area contributed by atoms with E-state index < -0.39 is 52.7 Å². The van der Waals surface area contributed by atoms with E-state index >= 15 is 0 Å². The molecule has 220 valence electrons. The number of rotatable bonds is 8. The third-order valence-corrected chi connectivity index (χ3v) is 8.81. The smallest absolute Gasteiger partial charge is 0.315 e. The molecule has 3 unspecified atom stereocenters. The van der Waals surface area contributed by atoms with E-state index in [1.54, 1.807) is 4.90 Å². The highest BCUT2D eigenvalue weighted by Crippen LogP contribution is 2.65. The van der Waals surface area contributed by atoms with Crippen molar-refractivity contribution in [3.05, 3.63) is 0 Å². The fourth-order valence-electron chi connectivity index (χ4n) is 6.55. The van der Waals surface area contributed by atoms with Gasteiger partial charge in [-0.3, -0.25) is 19.2 Å². The number of fused-ring (bicyclic) bond motifs is 1. The Labute approximate surface area is 232 Å². The van der Waals surface area contributed by atoms with E-state index in [-0.39, 0.29) is 29.1 Å². The van der Waals surface area contributed by atoms with Crippen molar-refractivity contribution in [2.45, 2.75) is 118 Å². The van der Waals surface area contributed by atoms with Crippen molar-refractivity contribution in [2.24, 2.45) is 34.3 Å². The number of urea groups is 1. The highest BCUT2D eigenvalue weighted by atomic mass is 16.2. The second-order valence-corrected chi connectivity index (χ2v) is 14.6. The van der Waals surface area contributed by atoms with Gasteiger partial charge in [-0.15, -0.1) is 0 Å². The molecule has 0 aromatic rings. The van der Waals surface area contributed by atoms with Gasteiger partial charge in [0.15, 0.2) is 0 Å². The summed E-state index contributed by atoms with van der Waals surface area (Å²) in [5.74, 6) is -2.36. The van der Waals surface area contributed by atoms with Crippen LogP contribution in [0, 0.1) is 28.6 Å². The van der Waals surface area contributed by atoms with Crippen molar-refractivity contribution in [1.29, 1.82) is 0 Å². The second-order valence-electron chi connectivity index (χ2n) is 14.6. The van der Waals surface area contributed by atoms with Crippen LogP contribution < -0.4 is 21.7 Å². The zero-order valence-electron chi connectivity index (χ0n) is 25.0. The van der Waals surface area contributed by atoms with Crippen LogP contribution in [-0.4, -0.2) is 64.6 Å². The summed E-state index contributed by atoms with van der Waals surface area (Å²) in [5, 5.41) is 8.51. The third-order valence-electron chi connectivity index (χ3n) is 8.81. The Hall–Kier alpha value is -2.65. The summed E-state index contributed by atoms with van der Waals surface area (Å²) in [6, 6.07) is -3.14. The van der Waals surface area contributed by atoms with Crippen molar-refractivity contribution in [3.63, 3.8) is 0 Å². The van der Waals surface area contributed by atoms with Gasteiger partial charge in [0.1, 0.15) is 12.1 Å². The minimum Gasteiger partial charge on any atom is -0.363 e. The molecule has 0 aromatic heterocycles. The molecule has 2 saturated carbocycles. The van der Waals surface area contributed by atoms with E-state index in [4.69, 9.17) is 5.73 Å². The molecule has 5 N–H and O–H groups in total.